The molecule has 0 bridgehead atoms. The maximum atomic E-state index is 11.0. The van der Waals surface area contributed by atoms with Gasteiger partial charge in [0.1, 0.15) is 6.10 Å². The monoisotopic (exact) mass is 460 g/mol. The average Bonchev–Trinajstić information content (AvgIpc) is 2.79. The summed E-state index contributed by atoms with van der Waals surface area (Å²) in [6, 6.07) is 0. The highest BCUT2D eigenvalue weighted by atomic mass is 16.5. The largest absolute Gasteiger partial charge is 0.462 e. The summed E-state index contributed by atoms with van der Waals surface area (Å²) in [5, 5.41) is 9.02. The molecule has 0 aromatic heterocycles. The standard InChI is InChI=1S/C30H52O3/c1-3-4-5-6-7-8-9-10-11-12-13-14-15-16-17-18-19-20-21-22-23-24-25-26-30(27-28-31)33-29(2)32/h30-31H,3-9,12-17,20-28H2,1-2H3. The Morgan fingerprint density at radius 3 is 1.42 bits per heavy atom. The fourth-order valence-electron chi connectivity index (χ4n) is 3.88. The number of hydrogen-bond acceptors (Lipinski definition) is 3. The molecule has 0 spiro atoms. The van der Waals surface area contributed by atoms with Gasteiger partial charge in [0, 0.05) is 45.6 Å². The molecule has 190 valence electrons. The van der Waals surface area contributed by atoms with E-state index in [1.807, 2.05) is 0 Å². The maximum absolute atomic E-state index is 11.0. The van der Waals surface area contributed by atoms with Gasteiger partial charge < -0.3 is 9.84 Å². The molecule has 3 nitrogen and oxygen atoms in total. The van der Waals surface area contributed by atoms with Crippen molar-refractivity contribution in [2.45, 2.75) is 155 Å². The summed E-state index contributed by atoms with van der Waals surface area (Å²) in [5.41, 5.74) is 0. The van der Waals surface area contributed by atoms with Gasteiger partial charge >= 0.3 is 5.97 Å². The van der Waals surface area contributed by atoms with Crippen molar-refractivity contribution in [1.29, 1.82) is 0 Å². The summed E-state index contributed by atoms with van der Waals surface area (Å²) < 4.78 is 5.22. The number of aliphatic hydroxyl groups is 1. The van der Waals surface area contributed by atoms with Gasteiger partial charge in [0.25, 0.3) is 0 Å². The molecule has 1 atom stereocenters. The Bertz CT molecular complexity index is 546. The highest BCUT2D eigenvalue weighted by Crippen LogP contribution is 2.13. The smallest absolute Gasteiger partial charge is 0.302 e. The van der Waals surface area contributed by atoms with E-state index >= 15 is 0 Å². The van der Waals surface area contributed by atoms with Crippen LogP contribution in [0.5, 0.6) is 0 Å². The number of unbranched alkanes of at least 4 members (excludes halogenated alkanes) is 16. The van der Waals surface area contributed by atoms with E-state index in [0.29, 0.717) is 6.42 Å². The van der Waals surface area contributed by atoms with Crippen molar-refractivity contribution in [3.63, 3.8) is 0 Å². The number of carbonyl (C=O) groups excluding carboxylic acids is 1. The van der Waals surface area contributed by atoms with Crippen molar-refractivity contribution in [1.82, 2.24) is 0 Å². The molecule has 3 heteroatoms. The van der Waals surface area contributed by atoms with Gasteiger partial charge in [-0.1, -0.05) is 71.1 Å². The average molecular weight is 461 g/mol. The predicted molar refractivity (Wildman–Crippen MR) is 141 cm³/mol. The first kappa shape index (κ1) is 31.6. The minimum Gasteiger partial charge on any atom is -0.462 e. The van der Waals surface area contributed by atoms with Crippen LogP contribution in [0.2, 0.25) is 0 Å². The summed E-state index contributed by atoms with van der Waals surface area (Å²) in [7, 11) is 0. The van der Waals surface area contributed by atoms with Crippen molar-refractivity contribution in [3.8, 4) is 23.7 Å². The Kier molecular flexibility index (Phi) is 25.6. The molecule has 1 unspecified atom stereocenters. The minimum absolute atomic E-state index is 0.0741. The molecule has 0 aliphatic carbocycles. The molecular formula is C30H52O3. The molecule has 0 aliphatic rings. The highest BCUT2D eigenvalue weighted by Gasteiger charge is 2.10. The zero-order chi connectivity index (χ0) is 24.2. The van der Waals surface area contributed by atoms with E-state index in [4.69, 9.17) is 9.84 Å². The van der Waals surface area contributed by atoms with E-state index in [0.717, 1.165) is 44.9 Å². The number of esters is 1. The maximum Gasteiger partial charge on any atom is 0.302 e. The Morgan fingerprint density at radius 2 is 1.03 bits per heavy atom. The van der Waals surface area contributed by atoms with Crippen LogP contribution in [0.25, 0.3) is 0 Å². The quantitative estimate of drug-likeness (QED) is 0.107. The lowest BCUT2D eigenvalue weighted by Gasteiger charge is -2.15. The first-order chi connectivity index (χ1) is 16.2. The molecule has 0 amide bonds. The zero-order valence-electron chi connectivity index (χ0n) is 21.9. The van der Waals surface area contributed by atoms with Crippen LogP contribution in [0.15, 0.2) is 0 Å². The molecule has 0 fully saturated rings. The van der Waals surface area contributed by atoms with Crippen LogP contribution in [-0.2, 0) is 9.53 Å². The van der Waals surface area contributed by atoms with Gasteiger partial charge in [-0.3, -0.25) is 4.79 Å². The second-order valence-electron chi connectivity index (χ2n) is 9.19. The number of ether oxygens (including phenoxy) is 1. The third kappa shape index (κ3) is 26.7. The van der Waals surface area contributed by atoms with E-state index in [1.54, 1.807) is 0 Å². The summed E-state index contributed by atoms with van der Waals surface area (Å²) in [4.78, 5) is 11.0. The van der Waals surface area contributed by atoms with Gasteiger partial charge in [-0.2, -0.15) is 0 Å². The third-order valence-electron chi connectivity index (χ3n) is 5.87. The summed E-state index contributed by atoms with van der Waals surface area (Å²) >= 11 is 0. The second-order valence-corrected chi connectivity index (χ2v) is 9.19. The van der Waals surface area contributed by atoms with Crippen LogP contribution < -0.4 is 0 Å². The fourth-order valence-corrected chi connectivity index (χ4v) is 3.88. The molecule has 0 heterocycles. The van der Waals surface area contributed by atoms with E-state index in [-0.39, 0.29) is 18.7 Å². The minimum atomic E-state index is -0.254. The van der Waals surface area contributed by atoms with E-state index in [9.17, 15) is 4.79 Å². The van der Waals surface area contributed by atoms with Gasteiger partial charge in [-0.25, -0.2) is 0 Å². The molecule has 0 rings (SSSR count). The van der Waals surface area contributed by atoms with Crippen LogP contribution in [0, 0.1) is 23.7 Å². The van der Waals surface area contributed by atoms with Crippen molar-refractivity contribution >= 4 is 5.97 Å². The fraction of sp³-hybridized carbons (Fsp3) is 0.833. The molecule has 0 aliphatic heterocycles. The molecule has 0 aromatic carbocycles. The Morgan fingerprint density at radius 1 is 0.636 bits per heavy atom. The molecule has 1 N–H and O–H groups in total. The number of aliphatic hydroxyl groups excluding tert-OH is 1. The topological polar surface area (TPSA) is 46.5 Å². The second kappa shape index (κ2) is 26.8. The molecule has 0 aromatic rings. The third-order valence-corrected chi connectivity index (χ3v) is 5.87. The number of carbonyl (C=O) groups is 1. The normalized spacial score (nSPS) is 11.2. The lowest BCUT2D eigenvalue weighted by atomic mass is 10.1. The van der Waals surface area contributed by atoms with Gasteiger partial charge in [0.15, 0.2) is 0 Å². The van der Waals surface area contributed by atoms with Gasteiger partial charge in [-0.15, -0.1) is 23.7 Å². The van der Waals surface area contributed by atoms with Gasteiger partial charge in [0.2, 0.25) is 0 Å². The lowest BCUT2D eigenvalue weighted by molar-refractivity contribution is -0.147. The van der Waals surface area contributed by atoms with E-state index in [2.05, 4.69) is 30.6 Å². The van der Waals surface area contributed by atoms with Crippen LogP contribution >= 0.6 is 0 Å². The summed E-state index contributed by atoms with van der Waals surface area (Å²) in [6.07, 6.45) is 24.4. The summed E-state index contributed by atoms with van der Waals surface area (Å²) in [6.45, 7) is 3.77. The van der Waals surface area contributed by atoms with Crippen molar-refractivity contribution in [2.75, 3.05) is 6.61 Å². The van der Waals surface area contributed by atoms with Crippen LogP contribution in [0.3, 0.4) is 0 Å². The Labute approximate surface area is 205 Å². The molecular weight excluding hydrogens is 408 g/mol. The first-order valence-electron chi connectivity index (χ1n) is 13.9. The molecule has 0 saturated heterocycles. The first-order valence-corrected chi connectivity index (χ1v) is 13.9. The van der Waals surface area contributed by atoms with Crippen molar-refractivity contribution in [2.24, 2.45) is 0 Å². The van der Waals surface area contributed by atoms with Crippen molar-refractivity contribution in [3.05, 3.63) is 0 Å². The molecule has 33 heavy (non-hydrogen) atoms. The van der Waals surface area contributed by atoms with E-state index < -0.39 is 0 Å². The van der Waals surface area contributed by atoms with Crippen molar-refractivity contribution < 1.29 is 14.6 Å². The predicted octanol–water partition coefficient (Wildman–Crippen LogP) is 8.13. The van der Waals surface area contributed by atoms with Gasteiger partial charge in [-0.05, 0) is 38.5 Å². The highest BCUT2D eigenvalue weighted by molar-refractivity contribution is 5.66. The molecule has 0 saturated carbocycles. The molecule has 0 radical (unpaired) electrons. The lowest BCUT2D eigenvalue weighted by Crippen LogP contribution is -2.17. The number of rotatable bonds is 21. The Hall–Kier alpha value is -1.45. The van der Waals surface area contributed by atoms with Crippen LogP contribution in [-0.4, -0.2) is 23.8 Å². The number of hydrogen-bond donors (Lipinski definition) is 1. The van der Waals surface area contributed by atoms with Gasteiger partial charge in [0.05, 0.1) is 0 Å². The SMILES string of the molecule is CCCCCCCCC#CCCCCCCC#CCCCCCCCC(CCO)OC(C)=O. The summed E-state index contributed by atoms with van der Waals surface area (Å²) in [5.74, 6) is 13.1. The van der Waals surface area contributed by atoms with E-state index in [1.165, 1.54) is 90.4 Å². The van der Waals surface area contributed by atoms with Crippen LogP contribution in [0.1, 0.15) is 149 Å². The Balaban J connectivity index is 3.36. The van der Waals surface area contributed by atoms with Crippen LogP contribution in [0.4, 0.5) is 0 Å². The zero-order valence-corrected chi connectivity index (χ0v) is 21.9.